The molecule has 7 heteroatoms. The van der Waals surface area contributed by atoms with Crippen LogP contribution in [0.15, 0.2) is 18.2 Å². The number of aromatic nitrogens is 2. The van der Waals surface area contributed by atoms with E-state index in [-0.39, 0.29) is 16.8 Å². The number of carboxylic acid groups (broad SMARTS) is 1. The highest BCUT2D eigenvalue weighted by atomic mass is 19.3. The number of nitrogens with one attached hydrogen (secondary N) is 1. The van der Waals surface area contributed by atoms with Crippen LogP contribution in [0.2, 0.25) is 0 Å². The monoisotopic (exact) mass is 227 g/mol. The number of halogens is 2. The Labute approximate surface area is 87.6 Å². The fourth-order valence-corrected chi connectivity index (χ4v) is 1.32. The molecule has 0 aliphatic carbocycles. The topological polar surface area (TPSA) is 78.0 Å². The molecule has 0 bridgehead atoms. The summed E-state index contributed by atoms with van der Waals surface area (Å²) in [5.41, 5.74) is 0.0653. The van der Waals surface area contributed by atoms with Gasteiger partial charge in [-0.1, -0.05) is 0 Å². The van der Waals surface area contributed by atoms with E-state index in [1.165, 1.54) is 12.1 Å². The second kappa shape index (κ2) is 3.76. The maximum atomic E-state index is 11.9. The van der Waals surface area contributed by atoms with Gasteiger partial charge in [0.05, 0.1) is 11.5 Å². The number of carbonyl (C=O) groups is 1. The molecule has 0 aliphatic heterocycles. The number of ether oxygens (including phenoxy) is 1. The van der Waals surface area contributed by atoms with Crippen molar-refractivity contribution in [3.8, 4) is 5.75 Å². The highest BCUT2D eigenvalue weighted by molar-refractivity contribution is 6.00. The number of carbonyl (C=O) groups excluding carboxylic acids is 1. The van der Waals surface area contributed by atoms with Crippen LogP contribution in [-0.4, -0.2) is 22.8 Å². The molecule has 1 N–H and O–H groups in total. The van der Waals surface area contributed by atoms with Gasteiger partial charge in [0.2, 0.25) is 0 Å². The lowest BCUT2D eigenvalue weighted by molar-refractivity contribution is -0.255. The minimum Gasteiger partial charge on any atom is -0.543 e. The normalized spacial score (nSPS) is 10.9. The lowest BCUT2D eigenvalue weighted by atomic mass is 10.2. The van der Waals surface area contributed by atoms with Crippen LogP contribution >= 0.6 is 0 Å². The number of H-pyrrole nitrogens is 1. The van der Waals surface area contributed by atoms with E-state index in [0.717, 1.165) is 6.07 Å². The molecule has 0 spiro atoms. The van der Waals surface area contributed by atoms with Gasteiger partial charge in [-0.15, -0.1) is 0 Å². The van der Waals surface area contributed by atoms with Crippen molar-refractivity contribution in [3.05, 3.63) is 23.9 Å². The Bertz CT molecular complexity index is 539. The van der Waals surface area contributed by atoms with Gasteiger partial charge < -0.3 is 14.6 Å². The van der Waals surface area contributed by atoms with Gasteiger partial charge >= 0.3 is 6.61 Å². The van der Waals surface area contributed by atoms with Crippen LogP contribution in [0, 0.1) is 0 Å². The highest BCUT2D eigenvalue weighted by Gasteiger charge is 2.10. The zero-order chi connectivity index (χ0) is 11.7. The van der Waals surface area contributed by atoms with Gasteiger partial charge in [-0.3, -0.25) is 5.10 Å². The first-order chi connectivity index (χ1) is 7.58. The third kappa shape index (κ3) is 1.79. The molecule has 1 aromatic carbocycles. The number of hydrogen-bond acceptors (Lipinski definition) is 4. The molecule has 1 heterocycles. The zero-order valence-corrected chi connectivity index (χ0v) is 7.74. The zero-order valence-electron chi connectivity index (χ0n) is 7.74. The van der Waals surface area contributed by atoms with Crippen LogP contribution in [0.5, 0.6) is 5.75 Å². The Kier molecular flexibility index (Phi) is 2.43. The number of aromatic carboxylic acids is 1. The predicted octanol–water partition coefficient (Wildman–Crippen LogP) is 0.528. The summed E-state index contributed by atoms with van der Waals surface area (Å²) in [5.74, 6) is -1.62. The summed E-state index contributed by atoms with van der Waals surface area (Å²) < 4.78 is 28.0. The molecule has 0 amide bonds. The molecular formula is C9H5F2N2O3-. The van der Waals surface area contributed by atoms with E-state index in [9.17, 15) is 18.7 Å². The predicted molar refractivity (Wildman–Crippen MR) is 47.1 cm³/mol. The molecule has 5 nitrogen and oxygen atoms in total. The van der Waals surface area contributed by atoms with Gasteiger partial charge in [0.1, 0.15) is 11.4 Å². The number of aromatic amines is 1. The minimum atomic E-state index is -2.96. The highest BCUT2D eigenvalue weighted by Crippen LogP contribution is 2.23. The van der Waals surface area contributed by atoms with Crippen LogP contribution in [-0.2, 0) is 0 Å². The molecule has 1 aromatic heterocycles. The Morgan fingerprint density at radius 1 is 1.50 bits per heavy atom. The van der Waals surface area contributed by atoms with Crippen LogP contribution in [0.1, 0.15) is 10.5 Å². The maximum absolute atomic E-state index is 11.9. The summed E-state index contributed by atoms with van der Waals surface area (Å²) in [5, 5.41) is 16.7. The van der Waals surface area contributed by atoms with E-state index in [0.29, 0.717) is 5.52 Å². The molecule has 16 heavy (non-hydrogen) atoms. The second-order valence-corrected chi connectivity index (χ2v) is 2.95. The van der Waals surface area contributed by atoms with Crippen molar-refractivity contribution < 1.29 is 23.4 Å². The quantitative estimate of drug-likeness (QED) is 0.829. The number of carboxylic acids is 1. The summed E-state index contributed by atoms with van der Waals surface area (Å²) in [6, 6.07) is 3.84. The molecule has 0 saturated heterocycles. The molecule has 0 fully saturated rings. The number of alkyl halides is 2. The number of rotatable bonds is 3. The van der Waals surface area contributed by atoms with Gasteiger partial charge in [0.15, 0.2) is 0 Å². The smallest absolute Gasteiger partial charge is 0.387 e. The standard InChI is InChI=1S/C9H6F2N2O3/c10-9(11)16-4-1-2-6-5(3-4)7(8(14)15)13-12-6/h1-3,9H,(H,12,13)(H,14,15)/p-1. The van der Waals surface area contributed by atoms with E-state index in [2.05, 4.69) is 14.9 Å². The van der Waals surface area contributed by atoms with Gasteiger partial charge in [-0.05, 0) is 18.2 Å². The second-order valence-electron chi connectivity index (χ2n) is 2.95. The van der Waals surface area contributed by atoms with E-state index < -0.39 is 12.6 Å². The summed E-state index contributed by atoms with van der Waals surface area (Å²) in [6.07, 6.45) is 0. The first kappa shape index (κ1) is 10.3. The summed E-state index contributed by atoms with van der Waals surface area (Å²) >= 11 is 0. The van der Waals surface area contributed by atoms with Crippen LogP contribution in [0.3, 0.4) is 0 Å². The van der Waals surface area contributed by atoms with E-state index in [1.807, 2.05) is 0 Å². The number of benzene rings is 1. The molecule has 2 rings (SSSR count). The number of fused-ring (bicyclic) bond motifs is 1. The van der Waals surface area contributed by atoms with Gasteiger partial charge in [0.25, 0.3) is 0 Å². The first-order valence-electron chi connectivity index (χ1n) is 4.22. The molecule has 0 atom stereocenters. The van der Waals surface area contributed by atoms with Gasteiger partial charge in [0, 0.05) is 5.39 Å². The Morgan fingerprint density at radius 3 is 2.88 bits per heavy atom. The van der Waals surface area contributed by atoms with Crippen molar-refractivity contribution >= 4 is 16.9 Å². The van der Waals surface area contributed by atoms with Crippen molar-refractivity contribution in [2.75, 3.05) is 0 Å². The van der Waals surface area contributed by atoms with Crippen molar-refractivity contribution in [2.45, 2.75) is 6.61 Å². The first-order valence-corrected chi connectivity index (χ1v) is 4.22. The SMILES string of the molecule is O=C([O-])c1n[nH]c2ccc(OC(F)F)cc12. The molecule has 0 radical (unpaired) electrons. The number of nitrogens with zero attached hydrogens (tertiary/aromatic N) is 1. The largest absolute Gasteiger partial charge is 0.543 e. The van der Waals surface area contributed by atoms with Crippen LogP contribution in [0.25, 0.3) is 10.9 Å². The van der Waals surface area contributed by atoms with Gasteiger partial charge in [-0.25, -0.2) is 0 Å². The molecule has 0 saturated carbocycles. The molecular weight excluding hydrogens is 222 g/mol. The Hall–Kier alpha value is -2.18. The van der Waals surface area contributed by atoms with Crippen molar-refractivity contribution in [1.29, 1.82) is 0 Å². The number of hydrogen-bond donors (Lipinski definition) is 1. The van der Waals surface area contributed by atoms with Crippen LogP contribution in [0.4, 0.5) is 8.78 Å². The summed E-state index contributed by atoms with van der Waals surface area (Å²) in [7, 11) is 0. The van der Waals surface area contributed by atoms with Crippen molar-refractivity contribution in [2.24, 2.45) is 0 Å². The van der Waals surface area contributed by atoms with Gasteiger partial charge in [-0.2, -0.15) is 13.9 Å². The molecule has 2 aromatic rings. The molecule has 0 unspecified atom stereocenters. The average molecular weight is 227 g/mol. The molecule has 0 aliphatic rings. The van der Waals surface area contributed by atoms with E-state index >= 15 is 0 Å². The third-order valence-electron chi connectivity index (χ3n) is 1.95. The Morgan fingerprint density at radius 2 is 2.25 bits per heavy atom. The third-order valence-corrected chi connectivity index (χ3v) is 1.95. The lowest BCUT2D eigenvalue weighted by Crippen LogP contribution is -2.22. The summed E-state index contributed by atoms with van der Waals surface area (Å²) in [4.78, 5) is 10.6. The average Bonchev–Trinajstić information content (AvgIpc) is 2.59. The Balaban J connectivity index is 2.50. The minimum absolute atomic E-state index is 0.133. The van der Waals surface area contributed by atoms with E-state index in [4.69, 9.17) is 0 Å². The maximum Gasteiger partial charge on any atom is 0.387 e. The van der Waals surface area contributed by atoms with Crippen molar-refractivity contribution in [3.63, 3.8) is 0 Å². The fraction of sp³-hybridized carbons (Fsp3) is 0.111. The fourth-order valence-electron chi connectivity index (χ4n) is 1.32. The van der Waals surface area contributed by atoms with Crippen LogP contribution < -0.4 is 9.84 Å². The van der Waals surface area contributed by atoms with Crippen molar-refractivity contribution in [1.82, 2.24) is 10.2 Å². The summed E-state index contributed by atoms with van der Waals surface area (Å²) in [6.45, 7) is -2.96. The van der Waals surface area contributed by atoms with E-state index in [1.54, 1.807) is 0 Å². The lowest BCUT2D eigenvalue weighted by Gasteiger charge is -2.04. The molecule has 84 valence electrons.